The quantitative estimate of drug-likeness (QED) is 0.310. The lowest BCUT2D eigenvalue weighted by molar-refractivity contribution is -0.0493. The van der Waals surface area contributed by atoms with E-state index in [1.165, 1.54) is 17.5 Å². The number of nitrogens with zero attached hydrogens (tertiary/aromatic N) is 5. The summed E-state index contributed by atoms with van der Waals surface area (Å²) in [6, 6.07) is 7.91. The SMILES string of the molecule is C[C@H]1CN(C2CCN(c3ccc(Nc4ncc(Cl)c(Nc5ccsc5C(N)=O)n4)c(OC(F)F)c3)CC2)CCN1C. The van der Waals surface area contributed by atoms with E-state index >= 15 is 0 Å². The lowest BCUT2D eigenvalue weighted by Gasteiger charge is -2.45. The predicted octanol–water partition coefficient (Wildman–Crippen LogP) is 4.98. The highest BCUT2D eigenvalue weighted by molar-refractivity contribution is 7.12. The number of aromatic nitrogens is 2. The third kappa shape index (κ3) is 6.97. The molecule has 220 valence electrons. The van der Waals surface area contributed by atoms with Crippen LogP contribution in [0.25, 0.3) is 0 Å². The number of hydrogen-bond acceptors (Lipinski definition) is 10. The molecule has 2 aliphatic heterocycles. The first-order chi connectivity index (χ1) is 19.7. The van der Waals surface area contributed by atoms with E-state index in [0.29, 0.717) is 22.6 Å². The Hall–Kier alpha value is -3.26. The number of ether oxygens (including phenoxy) is 1. The average molecular weight is 607 g/mol. The van der Waals surface area contributed by atoms with Crippen molar-refractivity contribution in [3.05, 3.63) is 45.7 Å². The Kier molecular flexibility index (Phi) is 9.07. The number of likely N-dealkylation sites (N-methyl/N-ethyl adjacent to an activating group) is 1. The molecule has 0 saturated carbocycles. The van der Waals surface area contributed by atoms with E-state index in [1.54, 1.807) is 23.6 Å². The van der Waals surface area contributed by atoms with Crippen LogP contribution in [0.15, 0.2) is 35.8 Å². The normalized spacial score (nSPS) is 19.0. The molecule has 0 spiro atoms. The molecular weight excluding hydrogens is 574 g/mol. The van der Waals surface area contributed by atoms with E-state index in [9.17, 15) is 13.6 Å². The Bertz CT molecular complexity index is 1370. The van der Waals surface area contributed by atoms with E-state index in [2.05, 4.69) is 49.3 Å². The molecule has 14 heteroatoms. The number of thiophene rings is 1. The summed E-state index contributed by atoms with van der Waals surface area (Å²) in [5, 5.41) is 7.84. The fourth-order valence-corrected chi connectivity index (χ4v) is 6.10. The number of carbonyl (C=O) groups is 1. The van der Waals surface area contributed by atoms with E-state index in [0.717, 1.165) is 51.3 Å². The zero-order chi connectivity index (χ0) is 29.1. The van der Waals surface area contributed by atoms with E-state index in [4.69, 9.17) is 22.1 Å². The topological polar surface area (TPSA) is 112 Å². The van der Waals surface area contributed by atoms with E-state index < -0.39 is 12.5 Å². The van der Waals surface area contributed by atoms with Crippen LogP contribution in [0.2, 0.25) is 5.02 Å². The van der Waals surface area contributed by atoms with Crippen molar-refractivity contribution in [2.45, 2.75) is 38.5 Å². The molecule has 41 heavy (non-hydrogen) atoms. The van der Waals surface area contributed by atoms with Crippen molar-refractivity contribution in [3.8, 4) is 5.75 Å². The third-order valence-electron chi connectivity index (χ3n) is 7.65. The van der Waals surface area contributed by atoms with Crippen molar-refractivity contribution in [1.82, 2.24) is 19.8 Å². The Balaban J connectivity index is 1.29. The highest BCUT2D eigenvalue weighted by Crippen LogP contribution is 2.35. The number of alkyl halides is 2. The molecule has 4 N–H and O–H groups in total. The molecule has 0 unspecified atom stereocenters. The number of amides is 1. The Labute approximate surface area is 246 Å². The van der Waals surface area contributed by atoms with Gasteiger partial charge in [-0.1, -0.05) is 11.6 Å². The average Bonchev–Trinajstić information content (AvgIpc) is 3.41. The third-order valence-corrected chi connectivity index (χ3v) is 8.86. The van der Waals surface area contributed by atoms with E-state index in [-0.39, 0.29) is 28.2 Å². The molecule has 0 bridgehead atoms. The summed E-state index contributed by atoms with van der Waals surface area (Å²) in [5.41, 5.74) is 6.96. The van der Waals surface area contributed by atoms with Crippen LogP contribution < -0.4 is 26.0 Å². The minimum atomic E-state index is -3.01. The fourth-order valence-electron chi connectivity index (χ4n) is 5.26. The maximum Gasteiger partial charge on any atom is 0.387 e. The van der Waals surface area contributed by atoms with Crippen LogP contribution in [-0.2, 0) is 0 Å². The molecule has 10 nitrogen and oxygen atoms in total. The monoisotopic (exact) mass is 606 g/mol. The van der Waals surface area contributed by atoms with Gasteiger partial charge in [-0.2, -0.15) is 13.8 Å². The first kappa shape index (κ1) is 29.2. The maximum atomic E-state index is 13.4. The fraction of sp³-hybridized carbons (Fsp3) is 0.444. The number of hydrogen-bond donors (Lipinski definition) is 3. The molecule has 1 amide bonds. The minimum absolute atomic E-state index is 0.0191. The second-order valence-electron chi connectivity index (χ2n) is 10.3. The lowest BCUT2D eigenvalue weighted by atomic mass is 10.0. The zero-order valence-corrected chi connectivity index (χ0v) is 24.4. The van der Waals surface area contributed by atoms with Gasteiger partial charge >= 0.3 is 6.61 Å². The van der Waals surface area contributed by atoms with Gasteiger partial charge < -0.3 is 30.9 Å². The summed E-state index contributed by atoms with van der Waals surface area (Å²) in [6.45, 7) is 4.12. The number of benzene rings is 1. The second-order valence-corrected chi connectivity index (χ2v) is 11.6. The van der Waals surface area contributed by atoms with Crippen LogP contribution in [0.3, 0.4) is 0 Å². The first-order valence-electron chi connectivity index (χ1n) is 13.4. The largest absolute Gasteiger partial charge is 0.433 e. The van der Waals surface area contributed by atoms with Crippen LogP contribution in [-0.4, -0.2) is 84.1 Å². The highest BCUT2D eigenvalue weighted by Gasteiger charge is 2.29. The van der Waals surface area contributed by atoms with Gasteiger partial charge in [0.2, 0.25) is 5.95 Å². The van der Waals surface area contributed by atoms with Crippen molar-refractivity contribution in [3.63, 3.8) is 0 Å². The summed E-state index contributed by atoms with van der Waals surface area (Å²) in [7, 11) is 2.17. The molecule has 3 aromatic rings. The standard InChI is InChI=1S/C27H33ClF2N8O2S/c1-16-15-38(11-10-36(16)2)17-5-8-37(9-6-17)18-3-4-20(22(13-18)40-26(29)30)34-27-32-14-19(28)25(35-27)33-21-7-12-41-23(21)24(31)39/h3-4,7,12-14,16-17,26H,5-6,8-11,15H2,1-2H3,(H2,31,39)(H2,32,33,34,35)/t16-/m0/s1. The van der Waals surface area contributed by atoms with Gasteiger partial charge in [0.1, 0.15) is 9.90 Å². The molecule has 2 aliphatic rings. The Morgan fingerprint density at radius 3 is 2.66 bits per heavy atom. The van der Waals surface area contributed by atoms with Crippen LogP contribution in [0.1, 0.15) is 29.4 Å². The summed E-state index contributed by atoms with van der Waals surface area (Å²) >= 11 is 7.45. The minimum Gasteiger partial charge on any atom is -0.433 e. The van der Waals surface area contributed by atoms with Crippen LogP contribution >= 0.6 is 22.9 Å². The highest BCUT2D eigenvalue weighted by atomic mass is 35.5. The summed E-state index contributed by atoms with van der Waals surface area (Å²) in [6.07, 6.45) is 3.39. The van der Waals surface area contributed by atoms with E-state index in [1.807, 2.05) is 6.07 Å². The maximum absolute atomic E-state index is 13.4. The van der Waals surface area contributed by atoms with Gasteiger partial charge in [0.25, 0.3) is 5.91 Å². The molecule has 2 aromatic heterocycles. The van der Waals surface area contributed by atoms with Crippen molar-refractivity contribution >= 4 is 57.7 Å². The van der Waals surface area contributed by atoms with Crippen LogP contribution in [0.5, 0.6) is 5.75 Å². The lowest BCUT2D eigenvalue weighted by Crippen LogP contribution is -2.55. The molecule has 4 heterocycles. The summed E-state index contributed by atoms with van der Waals surface area (Å²) < 4.78 is 31.7. The molecule has 1 atom stereocenters. The number of nitrogens with one attached hydrogen (secondary N) is 2. The molecule has 2 fully saturated rings. The smallest absolute Gasteiger partial charge is 0.387 e. The Morgan fingerprint density at radius 1 is 1.17 bits per heavy atom. The Morgan fingerprint density at radius 2 is 1.95 bits per heavy atom. The van der Waals surface area contributed by atoms with Gasteiger partial charge in [-0.3, -0.25) is 9.69 Å². The van der Waals surface area contributed by atoms with Crippen LogP contribution in [0.4, 0.5) is 37.6 Å². The molecule has 0 aliphatic carbocycles. The van der Waals surface area contributed by atoms with Gasteiger partial charge in [0.05, 0.1) is 17.6 Å². The number of primary amides is 1. The molecule has 5 rings (SSSR count). The van der Waals surface area contributed by atoms with Crippen molar-refractivity contribution in [2.24, 2.45) is 5.73 Å². The first-order valence-corrected chi connectivity index (χ1v) is 14.7. The molecular formula is C27H33ClF2N8O2S. The molecule has 0 radical (unpaired) electrons. The van der Waals surface area contributed by atoms with Gasteiger partial charge in [-0.05, 0) is 50.4 Å². The second kappa shape index (κ2) is 12.7. The number of piperazine rings is 1. The van der Waals surface area contributed by atoms with Crippen molar-refractivity contribution < 1.29 is 18.3 Å². The molecule has 1 aromatic carbocycles. The zero-order valence-electron chi connectivity index (χ0n) is 22.8. The number of nitrogens with two attached hydrogens (primary N) is 1. The van der Waals surface area contributed by atoms with Gasteiger partial charge in [-0.15, -0.1) is 11.3 Å². The van der Waals surface area contributed by atoms with Crippen molar-refractivity contribution in [1.29, 1.82) is 0 Å². The summed E-state index contributed by atoms with van der Waals surface area (Å²) in [5.74, 6) is -0.287. The van der Waals surface area contributed by atoms with Crippen molar-refractivity contribution in [2.75, 3.05) is 55.3 Å². The number of halogens is 3. The van der Waals surface area contributed by atoms with Gasteiger partial charge in [0.15, 0.2) is 11.6 Å². The number of rotatable bonds is 9. The number of carbonyl (C=O) groups excluding carboxylic acids is 1. The van der Waals surface area contributed by atoms with Gasteiger partial charge in [-0.25, -0.2) is 4.98 Å². The molecule has 2 saturated heterocycles. The number of piperidine rings is 1. The predicted molar refractivity (Wildman–Crippen MR) is 158 cm³/mol. The van der Waals surface area contributed by atoms with Crippen LogP contribution in [0, 0.1) is 0 Å². The van der Waals surface area contributed by atoms with Gasteiger partial charge in [0, 0.05) is 56.6 Å². The summed E-state index contributed by atoms with van der Waals surface area (Å²) in [4.78, 5) is 27.7. The number of anilines is 5.